The number of aromatic nitrogens is 2. The monoisotopic (exact) mass is 383 g/mol. The Morgan fingerprint density at radius 2 is 2.14 bits per heavy atom. The van der Waals surface area contributed by atoms with Crippen LogP contribution in [0.5, 0.6) is 5.75 Å². The number of nitrogens with one attached hydrogen (secondary N) is 2. The van der Waals surface area contributed by atoms with Gasteiger partial charge in [0.1, 0.15) is 11.6 Å². The number of imidazole rings is 1. The van der Waals surface area contributed by atoms with Crippen molar-refractivity contribution in [2.24, 2.45) is 5.92 Å². The van der Waals surface area contributed by atoms with Crippen molar-refractivity contribution in [1.82, 2.24) is 25.3 Å². The number of aryl methyl sites for hydroxylation is 1. The number of amides is 1. The van der Waals surface area contributed by atoms with Gasteiger partial charge in [-0.2, -0.15) is 0 Å². The molecule has 28 heavy (non-hydrogen) atoms. The number of nitrogens with zero attached hydrogens (tertiary/aromatic N) is 3. The van der Waals surface area contributed by atoms with Gasteiger partial charge in [-0.1, -0.05) is 12.1 Å². The lowest BCUT2D eigenvalue weighted by Crippen LogP contribution is -2.43. The van der Waals surface area contributed by atoms with E-state index in [4.69, 9.17) is 4.74 Å². The zero-order valence-corrected chi connectivity index (χ0v) is 16.6. The molecule has 0 radical (unpaired) electrons. The molecule has 1 aromatic heterocycles. The molecule has 150 valence electrons. The average molecular weight is 383 g/mol. The van der Waals surface area contributed by atoms with Gasteiger partial charge in [0.2, 0.25) is 5.91 Å². The second kappa shape index (κ2) is 8.32. The summed E-state index contributed by atoms with van der Waals surface area (Å²) in [7, 11) is 1.66. The first kappa shape index (κ1) is 19.0. The van der Waals surface area contributed by atoms with Gasteiger partial charge in [0, 0.05) is 44.5 Å². The Balaban J connectivity index is 1.41. The fourth-order valence-electron chi connectivity index (χ4n) is 4.42. The minimum atomic E-state index is -0.110. The summed E-state index contributed by atoms with van der Waals surface area (Å²) in [6.07, 6.45) is 5.87. The Labute approximate surface area is 166 Å². The van der Waals surface area contributed by atoms with Gasteiger partial charge in [-0.3, -0.25) is 10.2 Å². The van der Waals surface area contributed by atoms with Gasteiger partial charge in [0.25, 0.3) is 0 Å². The van der Waals surface area contributed by atoms with Gasteiger partial charge in [-0.05, 0) is 37.5 Å². The third kappa shape index (κ3) is 3.64. The number of piperidine rings is 1. The van der Waals surface area contributed by atoms with Crippen LogP contribution < -0.4 is 15.6 Å². The molecule has 0 aliphatic carbocycles. The van der Waals surface area contributed by atoms with Crippen LogP contribution in [0.3, 0.4) is 0 Å². The number of hydrogen-bond donors (Lipinski definition) is 2. The number of rotatable bonds is 5. The molecule has 2 fully saturated rings. The molecule has 2 saturated heterocycles. The van der Waals surface area contributed by atoms with Crippen molar-refractivity contribution < 1.29 is 9.53 Å². The van der Waals surface area contributed by atoms with E-state index >= 15 is 0 Å². The summed E-state index contributed by atoms with van der Waals surface area (Å²) < 4.78 is 7.56. The number of likely N-dealkylation sites (tertiary alicyclic amines) is 1. The van der Waals surface area contributed by atoms with Crippen molar-refractivity contribution in [1.29, 1.82) is 0 Å². The van der Waals surface area contributed by atoms with E-state index < -0.39 is 0 Å². The first-order valence-electron chi connectivity index (χ1n) is 10.1. The van der Waals surface area contributed by atoms with Gasteiger partial charge >= 0.3 is 0 Å². The summed E-state index contributed by atoms with van der Waals surface area (Å²) in [5.41, 5.74) is 7.52. The fourth-order valence-corrected chi connectivity index (χ4v) is 4.42. The van der Waals surface area contributed by atoms with Crippen molar-refractivity contribution in [3.05, 3.63) is 48.0 Å². The van der Waals surface area contributed by atoms with Gasteiger partial charge in [0.15, 0.2) is 0 Å². The lowest BCUT2D eigenvalue weighted by atomic mass is 9.91. The molecular formula is C21H29N5O2. The number of hydrogen-bond acceptors (Lipinski definition) is 5. The molecule has 2 aliphatic rings. The summed E-state index contributed by atoms with van der Waals surface area (Å²) in [4.78, 5) is 19.8. The molecular weight excluding hydrogens is 354 g/mol. The number of methoxy groups -OCH3 is 1. The minimum Gasteiger partial charge on any atom is -0.497 e. The predicted molar refractivity (Wildman–Crippen MR) is 107 cm³/mol. The van der Waals surface area contributed by atoms with Crippen LogP contribution in [0.15, 0.2) is 36.7 Å². The standard InChI is InChI=1S/C21H29N5O2/c1-3-25-12-9-22-20(25)15-7-10-26(11-8-15)21(27)18-14-23-24-19(18)16-5-4-6-17(13-16)28-2/h4-6,9,12-13,15,18-19,23-24H,3,7-8,10-11,14H2,1-2H3. The molecule has 0 bridgehead atoms. The number of carbonyl (C=O) groups excluding carboxylic acids is 1. The summed E-state index contributed by atoms with van der Waals surface area (Å²) in [6, 6.07) is 7.90. The molecule has 0 spiro atoms. The predicted octanol–water partition coefficient (Wildman–Crippen LogP) is 2.08. The van der Waals surface area contributed by atoms with Crippen LogP contribution >= 0.6 is 0 Å². The summed E-state index contributed by atoms with van der Waals surface area (Å²) in [6.45, 7) is 5.31. The van der Waals surface area contributed by atoms with Crippen molar-refractivity contribution >= 4 is 5.91 Å². The first-order valence-corrected chi connectivity index (χ1v) is 10.1. The fraction of sp³-hybridized carbons (Fsp3) is 0.524. The highest BCUT2D eigenvalue weighted by atomic mass is 16.5. The van der Waals surface area contributed by atoms with Crippen LogP contribution in [0.1, 0.15) is 43.1 Å². The molecule has 2 atom stereocenters. The Hall–Kier alpha value is -2.38. The maximum atomic E-state index is 13.2. The lowest BCUT2D eigenvalue weighted by molar-refractivity contribution is -0.136. The molecule has 4 rings (SSSR count). The first-order chi connectivity index (χ1) is 13.7. The van der Waals surface area contributed by atoms with E-state index in [1.165, 1.54) is 0 Å². The van der Waals surface area contributed by atoms with Crippen LogP contribution in [-0.4, -0.2) is 47.1 Å². The summed E-state index contributed by atoms with van der Waals surface area (Å²) in [5.74, 6) is 2.52. The van der Waals surface area contributed by atoms with Crippen molar-refractivity contribution in [2.75, 3.05) is 26.7 Å². The Morgan fingerprint density at radius 1 is 1.32 bits per heavy atom. The topological polar surface area (TPSA) is 71.4 Å². The molecule has 2 unspecified atom stereocenters. The molecule has 7 nitrogen and oxygen atoms in total. The third-order valence-electron chi connectivity index (χ3n) is 6.01. The Morgan fingerprint density at radius 3 is 2.89 bits per heavy atom. The molecule has 2 N–H and O–H groups in total. The SMILES string of the molecule is CCn1ccnc1C1CCN(C(=O)C2CNNC2c2cccc(OC)c2)CC1. The Kier molecular flexibility index (Phi) is 5.64. The quantitative estimate of drug-likeness (QED) is 0.827. The van der Waals surface area contributed by atoms with E-state index in [1.54, 1.807) is 7.11 Å². The lowest BCUT2D eigenvalue weighted by Gasteiger charge is -2.34. The number of ether oxygens (including phenoxy) is 1. The molecule has 3 heterocycles. The highest BCUT2D eigenvalue weighted by Crippen LogP contribution is 2.32. The molecule has 2 aromatic rings. The average Bonchev–Trinajstić information content (AvgIpc) is 3.43. The number of benzene rings is 1. The van der Waals surface area contributed by atoms with Crippen molar-refractivity contribution in [2.45, 2.75) is 38.3 Å². The number of carbonyl (C=O) groups is 1. The highest BCUT2D eigenvalue weighted by Gasteiger charge is 2.38. The highest BCUT2D eigenvalue weighted by molar-refractivity contribution is 5.80. The molecule has 7 heteroatoms. The van der Waals surface area contributed by atoms with Gasteiger partial charge in [-0.15, -0.1) is 0 Å². The van der Waals surface area contributed by atoms with E-state index in [2.05, 4.69) is 27.3 Å². The number of hydrazine groups is 1. The maximum absolute atomic E-state index is 13.2. The summed E-state index contributed by atoms with van der Waals surface area (Å²) in [5, 5.41) is 0. The van der Waals surface area contributed by atoms with Crippen LogP contribution in [0.25, 0.3) is 0 Å². The van der Waals surface area contributed by atoms with Crippen LogP contribution in [-0.2, 0) is 11.3 Å². The maximum Gasteiger partial charge on any atom is 0.229 e. The van der Waals surface area contributed by atoms with Gasteiger partial charge < -0.3 is 14.2 Å². The van der Waals surface area contributed by atoms with Gasteiger partial charge in [0.05, 0.1) is 19.1 Å². The van der Waals surface area contributed by atoms with Crippen LogP contribution in [0.4, 0.5) is 0 Å². The zero-order valence-electron chi connectivity index (χ0n) is 16.6. The molecule has 1 amide bonds. The summed E-state index contributed by atoms with van der Waals surface area (Å²) >= 11 is 0. The third-order valence-corrected chi connectivity index (χ3v) is 6.01. The van der Waals surface area contributed by atoms with Crippen LogP contribution in [0.2, 0.25) is 0 Å². The van der Waals surface area contributed by atoms with E-state index in [0.29, 0.717) is 12.5 Å². The van der Waals surface area contributed by atoms with E-state index in [0.717, 1.165) is 49.6 Å². The van der Waals surface area contributed by atoms with Crippen molar-refractivity contribution in [3.8, 4) is 5.75 Å². The second-order valence-electron chi connectivity index (χ2n) is 7.56. The molecule has 2 aliphatic heterocycles. The molecule has 0 saturated carbocycles. The van der Waals surface area contributed by atoms with Gasteiger partial charge in [-0.25, -0.2) is 10.4 Å². The Bertz CT molecular complexity index is 813. The van der Waals surface area contributed by atoms with E-state index in [9.17, 15) is 4.79 Å². The van der Waals surface area contributed by atoms with E-state index in [-0.39, 0.29) is 17.9 Å². The normalized spacial score (nSPS) is 23.1. The second-order valence-corrected chi connectivity index (χ2v) is 7.56. The zero-order chi connectivity index (χ0) is 19.5. The molecule has 1 aromatic carbocycles. The van der Waals surface area contributed by atoms with Crippen molar-refractivity contribution in [3.63, 3.8) is 0 Å². The van der Waals surface area contributed by atoms with Crippen LogP contribution in [0, 0.1) is 5.92 Å². The smallest absolute Gasteiger partial charge is 0.229 e. The minimum absolute atomic E-state index is 0.0423. The largest absolute Gasteiger partial charge is 0.497 e. The van der Waals surface area contributed by atoms with E-state index in [1.807, 2.05) is 41.6 Å².